The fraction of sp³-hybridized carbons (Fsp3) is 0.476. The molecule has 0 fully saturated rings. The number of anilines is 1. The first-order valence-electron chi connectivity index (χ1n) is 9.73. The summed E-state index contributed by atoms with van der Waals surface area (Å²) in [5.74, 6) is 0.780. The van der Waals surface area contributed by atoms with Crippen molar-refractivity contribution in [1.29, 1.82) is 0 Å². The summed E-state index contributed by atoms with van der Waals surface area (Å²) >= 11 is 0. The molecule has 2 rings (SSSR count). The van der Waals surface area contributed by atoms with Crippen molar-refractivity contribution in [3.8, 4) is 0 Å². The highest BCUT2D eigenvalue weighted by Gasteiger charge is 2.26. The molecule has 8 heteroatoms. The topological polar surface area (TPSA) is 73.0 Å². The van der Waals surface area contributed by atoms with E-state index in [2.05, 4.69) is 15.6 Å². The van der Waals surface area contributed by atoms with Gasteiger partial charge in [0.25, 0.3) is 0 Å². The quantitative estimate of drug-likeness (QED) is 0.267. The molecule has 0 bridgehead atoms. The van der Waals surface area contributed by atoms with Gasteiger partial charge < -0.3 is 25.1 Å². The van der Waals surface area contributed by atoms with Gasteiger partial charge in [-0.15, -0.1) is 24.0 Å². The average molecular weight is 518 g/mol. The second-order valence-corrected chi connectivity index (χ2v) is 6.76. The number of nitrogens with zero attached hydrogens (tertiary/aromatic N) is 2. The van der Waals surface area contributed by atoms with Gasteiger partial charge in [0.05, 0.1) is 25.0 Å². The zero-order valence-corrected chi connectivity index (χ0v) is 19.9. The second kappa shape index (κ2) is 12.0. The first kappa shape index (κ1) is 25.2. The Kier molecular flexibility index (Phi) is 10.5. The number of hydrogen-bond donors (Lipinski definition) is 3. The van der Waals surface area contributed by atoms with Gasteiger partial charge in [-0.1, -0.05) is 6.07 Å². The summed E-state index contributed by atoms with van der Waals surface area (Å²) in [4.78, 5) is 6.47. The van der Waals surface area contributed by atoms with E-state index in [1.54, 1.807) is 25.1 Å². The third kappa shape index (κ3) is 7.18. The smallest absolute Gasteiger partial charge is 0.191 e. The molecule has 0 spiro atoms. The van der Waals surface area contributed by atoms with Gasteiger partial charge in [-0.05, 0) is 57.5 Å². The highest BCUT2D eigenvalue weighted by atomic mass is 127. The summed E-state index contributed by atoms with van der Waals surface area (Å²) in [5.41, 5.74) is 0.220. The van der Waals surface area contributed by atoms with E-state index < -0.39 is 5.60 Å². The first-order valence-corrected chi connectivity index (χ1v) is 9.73. The van der Waals surface area contributed by atoms with E-state index in [1.165, 1.54) is 12.3 Å². The Morgan fingerprint density at radius 1 is 1.21 bits per heavy atom. The molecule has 1 aromatic carbocycles. The number of guanidine groups is 1. The number of hydrogen-bond acceptors (Lipinski definition) is 4. The highest BCUT2D eigenvalue weighted by Crippen LogP contribution is 2.21. The van der Waals surface area contributed by atoms with Crippen LogP contribution in [-0.2, 0) is 12.1 Å². The Labute approximate surface area is 189 Å². The minimum Gasteiger partial charge on any atom is -0.466 e. The van der Waals surface area contributed by atoms with Crippen LogP contribution in [0.1, 0.15) is 39.0 Å². The SMILES string of the molecule is CCNC(=NCc1ccc(N(CC)CC)c(F)c1)NCC(C)(O)c1ccco1.I. The summed E-state index contributed by atoms with van der Waals surface area (Å²) in [7, 11) is 0. The lowest BCUT2D eigenvalue weighted by Crippen LogP contribution is -2.44. The predicted octanol–water partition coefficient (Wildman–Crippen LogP) is 3.85. The fourth-order valence-corrected chi connectivity index (χ4v) is 2.91. The Bertz CT molecular complexity index is 762. The van der Waals surface area contributed by atoms with Crippen LogP contribution >= 0.6 is 24.0 Å². The average Bonchev–Trinajstić information content (AvgIpc) is 3.22. The molecule has 0 aliphatic heterocycles. The van der Waals surface area contributed by atoms with Crippen molar-refractivity contribution in [1.82, 2.24) is 10.6 Å². The summed E-state index contributed by atoms with van der Waals surface area (Å²) in [6.07, 6.45) is 1.53. The second-order valence-electron chi connectivity index (χ2n) is 6.76. The normalized spacial score (nSPS) is 13.4. The number of rotatable bonds is 9. The number of nitrogens with one attached hydrogen (secondary N) is 2. The molecule has 1 aromatic heterocycles. The Morgan fingerprint density at radius 3 is 2.48 bits per heavy atom. The van der Waals surface area contributed by atoms with E-state index in [4.69, 9.17) is 4.42 Å². The number of furan rings is 1. The Hall–Kier alpha value is -1.81. The zero-order valence-electron chi connectivity index (χ0n) is 17.5. The molecule has 1 heterocycles. The van der Waals surface area contributed by atoms with Gasteiger partial charge in [-0.3, -0.25) is 0 Å². The van der Waals surface area contributed by atoms with E-state index in [9.17, 15) is 9.50 Å². The van der Waals surface area contributed by atoms with Crippen molar-refractivity contribution in [3.63, 3.8) is 0 Å². The molecule has 1 atom stereocenters. The number of benzene rings is 1. The minimum atomic E-state index is -1.17. The number of aliphatic hydroxyl groups is 1. The van der Waals surface area contributed by atoms with Crippen LogP contribution in [0.15, 0.2) is 46.0 Å². The molecule has 0 radical (unpaired) electrons. The third-order valence-corrected chi connectivity index (χ3v) is 4.53. The summed E-state index contributed by atoms with van der Waals surface area (Å²) in [6, 6.07) is 8.68. The maximum atomic E-state index is 14.4. The molecule has 0 aliphatic rings. The molecule has 6 nitrogen and oxygen atoms in total. The van der Waals surface area contributed by atoms with E-state index in [0.717, 1.165) is 18.7 Å². The lowest BCUT2D eigenvalue weighted by atomic mass is 10.0. The van der Waals surface area contributed by atoms with Crippen LogP contribution in [0.5, 0.6) is 0 Å². The van der Waals surface area contributed by atoms with Crippen LogP contribution in [0.2, 0.25) is 0 Å². The molecule has 3 N–H and O–H groups in total. The lowest BCUT2D eigenvalue weighted by molar-refractivity contribution is 0.0386. The van der Waals surface area contributed by atoms with Gasteiger partial charge in [0, 0.05) is 19.6 Å². The van der Waals surface area contributed by atoms with Crippen molar-refractivity contribution < 1.29 is 13.9 Å². The van der Waals surface area contributed by atoms with E-state index in [-0.39, 0.29) is 36.3 Å². The van der Waals surface area contributed by atoms with Crippen LogP contribution in [0.4, 0.5) is 10.1 Å². The van der Waals surface area contributed by atoms with E-state index in [1.807, 2.05) is 31.7 Å². The molecular formula is C21H32FIN4O2. The molecular weight excluding hydrogens is 486 g/mol. The zero-order chi connectivity index (χ0) is 20.6. The molecule has 2 aromatic rings. The third-order valence-electron chi connectivity index (χ3n) is 4.53. The lowest BCUT2D eigenvalue weighted by Gasteiger charge is -2.23. The van der Waals surface area contributed by atoms with Crippen LogP contribution in [0, 0.1) is 5.82 Å². The minimum absolute atomic E-state index is 0. The van der Waals surface area contributed by atoms with Crippen molar-refractivity contribution in [2.75, 3.05) is 31.1 Å². The molecule has 1 unspecified atom stereocenters. The molecule has 0 aliphatic carbocycles. The van der Waals surface area contributed by atoms with Crippen LogP contribution < -0.4 is 15.5 Å². The monoisotopic (exact) mass is 518 g/mol. The number of halogens is 2. The van der Waals surface area contributed by atoms with Crippen LogP contribution in [0.25, 0.3) is 0 Å². The first-order chi connectivity index (χ1) is 13.4. The maximum absolute atomic E-state index is 14.4. The van der Waals surface area contributed by atoms with Gasteiger partial charge in [0.1, 0.15) is 17.2 Å². The summed E-state index contributed by atoms with van der Waals surface area (Å²) < 4.78 is 19.7. The molecule has 162 valence electrons. The maximum Gasteiger partial charge on any atom is 0.191 e. The molecule has 0 amide bonds. The van der Waals surface area contributed by atoms with Crippen LogP contribution in [-0.4, -0.2) is 37.2 Å². The van der Waals surface area contributed by atoms with E-state index >= 15 is 0 Å². The van der Waals surface area contributed by atoms with Gasteiger partial charge in [-0.2, -0.15) is 0 Å². The van der Waals surface area contributed by atoms with Crippen molar-refractivity contribution in [2.24, 2.45) is 4.99 Å². The molecule has 0 saturated carbocycles. The molecule has 29 heavy (non-hydrogen) atoms. The van der Waals surface area contributed by atoms with E-state index in [0.29, 0.717) is 30.5 Å². The fourth-order valence-electron chi connectivity index (χ4n) is 2.91. The Morgan fingerprint density at radius 2 is 1.93 bits per heavy atom. The van der Waals surface area contributed by atoms with Crippen LogP contribution in [0.3, 0.4) is 0 Å². The number of aliphatic imine (C=N–C) groups is 1. The van der Waals surface area contributed by atoms with Crippen molar-refractivity contribution >= 4 is 35.6 Å². The molecule has 0 saturated heterocycles. The van der Waals surface area contributed by atoms with Gasteiger partial charge in [-0.25, -0.2) is 9.38 Å². The van der Waals surface area contributed by atoms with Crippen molar-refractivity contribution in [2.45, 2.75) is 39.8 Å². The largest absolute Gasteiger partial charge is 0.466 e. The predicted molar refractivity (Wildman–Crippen MR) is 126 cm³/mol. The van der Waals surface area contributed by atoms with Gasteiger partial charge >= 0.3 is 0 Å². The summed E-state index contributed by atoms with van der Waals surface area (Å²) in [6.45, 7) is 10.4. The standard InChI is InChI=1S/C21H31FN4O2.HI/c1-5-23-20(25-15-21(4,27)19-9-8-12-28-19)24-14-16-10-11-18(17(22)13-16)26(6-2)7-3;/h8-13,27H,5-7,14-15H2,1-4H3,(H2,23,24,25);1H. The van der Waals surface area contributed by atoms with Crippen molar-refractivity contribution in [3.05, 3.63) is 53.7 Å². The highest BCUT2D eigenvalue weighted by molar-refractivity contribution is 14.0. The Balaban J connectivity index is 0.00000420. The van der Waals surface area contributed by atoms with Gasteiger partial charge in [0.2, 0.25) is 0 Å². The summed E-state index contributed by atoms with van der Waals surface area (Å²) in [5, 5.41) is 16.8. The van der Waals surface area contributed by atoms with Gasteiger partial charge in [0.15, 0.2) is 5.96 Å².